The summed E-state index contributed by atoms with van der Waals surface area (Å²) in [5, 5.41) is 0. The third kappa shape index (κ3) is 1.19. The quantitative estimate of drug-likeness (QED) is 0.675. The van der Waals surface area contributed by atoms with E-state index in [0.29, 0.717) is 5.69 Å². The molecular formula is C10H11FN2O. The Labute approximate surface area is 81.3 Å². The molecule has 74 valence electrons. The molecule has 1 aromatic rings. The average molecular weight is 194 g/mol. The Bertz CT molecular complexity index is 380. The fourth-order valence-corrected chi connectivity index (χ4v) is 1.63. The van der Waals surface area contributed by atoms with Gasteiger partial charge in [-0.1, -0.05) is 6.07 Å². The van der Waals surface area contributed by atoms with Crippen molar-refractivity contribution in [3.8, 4) is 0 Å². The Morgan fingerprint density at radius 1 is 1.50 bits per heavy atom. The third-order valence-electron chi connectivity index (χ3n) is 2.54. The molecule has 0 unspecified atom stereocenters. The summed E-state index contributed by atoms with van der Waals surface area (Å²) in [6.07, 6.45) is 0. The number of benzene rings is 1. The van der Waals surface area contributed by atoms with Crippen LogP contribution in [0.1, 0.15) is 6.92 Å². The summed E-state index contributed by atoms with van der Waals surface area (Å²) < 4.78 is 12.9. The normalized spacial score (nSPS) is 26.2. The van der Waals surface area contributed by atoms with Crippen molar-refractivity contribution in [3.63, 3.8) is 0 Å². The lowest BCUT2D eigenvalue weighted by Gasteiger charge is -2.43. The third-order valence-corrected chi connectivity index (χ3v) is 2.54. The Morgan fingerprint density at radius 3 is 2.79 bits per heavy atom. The summed E-state index contributed by atoms with van der Waals surface area (Å²) in [5.74, 6) is -0.494. The van der Waals surface area contributed by atoms with Crippen LogP contribution in [0.15, 0.2) is 24.3 Å². The highest BCUT2D eigenvalue weighted by Gasteiger charge is 2.42. The monoisotopic (exact) mass is 194 g/mol. The number of rotatable bonds is 1. The van der Waals surface area contributed by atoms with Crippen molar-refractivity contribution in [1.29, 1.82) is 0 Å². The number of β-lactam (4-membered cyclic amide) rings is 1. The fourth-order valence-electron chi connectivity index (χ4n) is 1.63. The smallest absolute Gasteiger partial charge is 0.246 e. The molecule has 14 heavy (non-hydrogen) atoms. The second-order valence-electron chi connectivity index (χ2n) is 3.45. The van der Waals surface area contributed by atoms with Gasteiger partial charge in [0.25, 0.3) is 0 Å². The summed E-state index contributed by atoms with van der Waals surface area (Å²) in [6, 6.07) is 5.46. The van der Waals surface area contributed by atoms with Gasteiger partial charge in [0.05, 0.1) is 6.04 Å². The van der Waals surface area contributed by atoms with Crippen LogP contribution in [0, 0.1) is 5.82 Å². The summed E-state index contributed by atoms with van der Waals surface area (Å²) in [7, 11) is 0. The number of nitrogens with two attached hydrogens (primary N) is 1. The second kappa shape index (κ2) is 3.06. The first-order chi connectivity index (χ1) is 6.61. The molecule has 1 aromatic carbocycles. The Balaban J connectivity index is 2.29. The summed E-state index contributed by atoms with van der Waals surface area (Å²) in [5.41, 5.74) is 6.12. The van der Waals surface area contributed by atoms with Crippen molar-refractivity contribution >= 4 is 11.6 Å². The van der Waals surface area contributed by atoms with Crippen LogP contribution in [0.25, 0.3) is 0 Å². The number of nitrogens with zero attached hydrogens (tertiary/aromatic N) is 1. The van der Waals surface area contributed by atoms with Crippen molar-refractivity contribution < 1.29 is 9.18 Å². The van der Waals surface area contributed by atoms with Crippen molar-refractivity contribution in [2.24, 2.45) is 5.73 Å². The lowest BCUT2D eigenvalue weighted by molar-refractivity contribution is -0.125. The van der Waals surface area contributed by atoms with E-state index in [0.717, 1.165) is 0 Å². The van der Waals surface area contributed by atoms with Gasteiger partial charge in [0.2, 0.25) is 5.91 Å². The van der Waals surface area contributed by atoms with Gasteiger partial charge in [-0.3, -0.25) is 4.79 Å². The summed E-state index contributed by atoms with van der Waals surface area (Å²) in [6.45, 7) is 1.84. The van der Waals surface area contributed by atoms with Crippen LogP contribution in [0.2, 0.25) is 0 Å². The topological polar surface area (TPSA) is 46.3 Å². The molecular weight excluding hydrogens is 183 g/mol. The van der Waals surface area contributed by atoms with Gasteiger partial charge >= 0.3 is 0 Å². The SMILES string of the molecule is C[C@@H]1[C@H](N)C(=O)N1c1cccc(F)c1. The Hall–Kier alpha value is -1.42. The molecule has 2 atom stereocenters. The molecule has 0 spiro atoms. The van der Waals surface area contributed by atoms with Crippen LogP contribution in [0.3, 0.4) is 0 Å². The molecule has 1 aliphatic rings. The molecule has 0 aromatic heterocycles. The van der Waals surface area contributed by atoms with E-state index in [1.54, 1.807) is 12.1 Å². The minimum atomic E-state index is -0.446. The standard InChI is InChI=1S/C10H11FN2O/c1-6-9(12)10(14)13(6)8-4-2-3-7(11)5-8/h2-6,9H,12H2,1H3/t6-,9+/m1/s1. The Kier molecular flexibility index (Phi) is 2.00. The molecule has 1 fully saturated rings. The van der Waals surface area contributed by atoms with Gasteiger partial charge in [0.1, 0.15) is 11.9 Å². The molecule has 1 amide bonds. The molecule has 3 nitrogen and oxygen atoms in total. The minimum Gasteiger partial charge on any atom is -0.318 e. The van der Waals surface area contributed by atoms with E-state index in [2.05, 4.69) is 0 Å². The number of halogens is 1. The van der Waals surface area contributed by atoms with Crippen LogP contribution in [0.5, 0.6) is 0 Å². The molecule has 2 N–H and O–H groups in total. The van der Waals surface area contributed by atoms with Crippen LogP contribution >= 0.6 is 0 Å². The van der Waals surface area contributed by atoms with Gasteiger partial charge in [0.15, 0.2) is 0 Å². The van der Waals surface area contributed by atoms with Crippen molar-refractivity contribution in [2.45, 2.75) is 19.0 Å². The number of anilines is 1. The summed E-state index contributed by atoms with van der Waals surface area (Å²) >= 11 is 0. The highest BCUT2D eigenvalue weighted by molar-refractivity contribution is 6.05. The zero-order valence-electron chi connectivity index (χ0n) is 7.77. The van der Waals surface area contributed by atoms with Crippen molar-refractivity contribution in [2.75, 3.05) is 4.90 Å². The number of hydrogen-bond acceptors (Lipinski definition) is 2. The molecule has 1 aliphatic heterocycles. The van der Waals surface area contributed by atoms with E-state index in [1.165, 1.54) is 17.0 Å². The highest BCUT2D eigenvalue weighted by atomic mass is 19.1. The van der Waals surface area contributed by atoms with Crippen molar-refractivity contribution in [3.05, 3.63) is 30.1 Å². The molecule has 0 radical (unpaired) electrons. The van der Waals surface area contributed by atoms with Crippen molar-refractivity contribution in [1.82, 2.24) is 0 Å². The first-order valence-corrected chi connectivity index (χ1v) is 4.45. The first kappa shape index (κ1) is 9.15. The zero-order chi connectivity index (χ0) is 10.3. The Morgan fingerprint density at radius 2 is 2.21 bits per heavy atom. The summed E-state index contributed by atoms with van der Waals surface area (Å²) in [4.78, 5) is 12.9. The molecule has 0 aliphatic carbocycles. The second-order valence-corrected chi connectivity index (χ2v) is 3.45. The van der Waals surface area contributed by atoms with E-state index >= 15 is 0 Å². The van der Waals surface area contributed by atoms with Gasteiger partial charge in [-0.25, -0.2) is 4.39 Å². The molecule has 2 rings (SSSR count). The van der Waals surface area contributed by atoms with Crippen LogP contribution < -0.4 is 10.6 Å². The predicted octanol–water partition coefficient (Wildman–Crippen LogP) is 0.888. The number of carbonyl (C=O) groups excluding carboxylic acids is 1. The van der Waals surface area contributed by atoms with Gasteiger partial charge in [-0.05, 0) is 25.1 Å². The maximum atomic E-state index is 12.9. The molecule has 1 heterocycles. The van der Waals surface area contributed by atoms with Crippen LogP contribution in [-0.4, -0.2) is 18.0 Å². The van der Waals surface area contributed by atoms with Gasteiger partial charge in [-0.15, -0.1) is 0 Å². The highest BCUT2D eigenvalue weighted by Crippen LogP contribution is 2.26. The largest absolute Gasteiger partial charge is 0.318 e. The van der Waals surface area contributed by atoms with Gasteiger partial charge < -0.3 is 10.6 Å². The van der Waals surface area contributed by atoms with Crippen LogP contribution in [0.4, 0.5) is 10.1 Å². The van der Waals surface area contributed by atoms with E-state index in [9.17, 15) is 9.18 Å². The molecule has 4 heteroatoms. The number of amides is 1. The number of hydrogen-bond donors (Lipinski definition) is 1. The van der Waals surface area contributed by atoms with E-state index in [4.69, 9.17) is 5.73 Å². The maximum Gasteiger partial charge on any atom is 0.246 e. The molecule has 0 bridgehead atoms. The average Bonchev–Trinajstić information content (AvgIpc) is 2.18. The zero-order valence-corrected chi connectivity index (χ0v) is 7.77. The fraction of sp³-hybridized carbons (Fsp3) is 0.300. The first-order valence-electron chi connectivity index (χ1n) is 4.45. The van der Waals surface area contributed by atoms with E-state index in [1.807, 2.05) is 6.92 Å². The van der Waals surface area contributed by atoms with Crippen LogP contribution in [-0.2, 0) is 4.79 Å². The number of carbonyl (C=O) groups is 1. The van der Waals surface area contributed by atoms with E-state index < -0.39 is 6.04 Å². The van der Waals surface area contributed by atoms with Gasteiger partial charge in [-0.2, -0.15) is 0 Å². The van der Waals surface area contributed by atoms with Gasteiger partial charge in [0, 0.05) is 5.69 Å². The minimum absolute atomic E-state index is 0.0516. The predicted molar refractivity (Wildman–Crippen MR) is 51.3 cm³/mol. The molecule has 0 saturated carbocycles. The van der Waals surface area contributed by atoms with E-state index in [-0.39, 0.29) is 17.8 Å². The molecule has 1 saturated heterocycles. The maximum absolute atomic E-state index is 12.9. The lowest BCUT2D eigenvalue weighted by atomic mass is 9.97. The lowest BCUT2D eigenvalue weighted by Crippen LogP contribution is -2.67.